The van der Waals surface area contributed by atoms with E-state index in [0.29, 0.717) is 11.6 Å². The Hall–Kier alpha value is -0.900. The van der Waals surface area contributed by atoms with Crippen LogP contribution in [0.15, 0.2) is 5.38 Å². The quantitative estimate of drug-likeness (QED) is 0.760. The summed E-state index contributed by atoms with van der Waals surface area (Å²) in [6.45, 7) is 2.24. The van der Waals surface area contributed by atoms with Crippen LogP contribution < -0.4 is 0 Å². The summed E-state index contributed by atoms with van der Waals surface area (Å²) in [6, 6.07) is 0. The van der Waals surface area contributed by atoms with E-state index in [2.05, 4.69) is 16.6 Å². The maximum atomic E-state index is 11.3. The molecule has 4 heteroatoms. The van der Waals surface area contributed by atoms with Crippen molar-refractivity contribution in [1.82, 2.24) is 4.98 Å². The van der Waals surface area contributed by atoms with Crippen LogP contribution in [-0.2, 0) is 4.74 Å². The Bertz CT molecular complexity index is 375. The van der Waals surface area contributed by atoms with Gasteiger partial charge < -0.3 is 4.74 Å². The summed E-state index contributed by atoms with van der Waals surface area (Å²) >= 11 is 1.59. The zero-order valence-corrected chi connectivity index (χ0v) is 10.5. The van der Waals surface area contributed by atoms with Crippen LogP contribution in [0.1, 0.15) is 54.0 Å². The Kier molecular flexibility index (Phi) is 3.59. The van der Waals surface area contributed by atoms with E-state index in [4.69, 9.17) is 0 Å². The Morgan fingerprint density at radius 2 is 2.44 bits per heavy atom. The Labute approximate surface area is 99.8 Å². The Balaban J connectivity index is 2.05. The Morgan fingerprint density at radius 3 is 3.06 bits per heavy atom. The van der Waals surface area contributed by atoms with Gasteiger partial charge in [-0.2, -0.15) is 0 Å². The molecule has 1 aliphatic rings. The summed E-state index contributed by atoms with van der Waals surface area (Å²) in [4.78, 5) is 15.7. The summed E-state index contributed by atoms with van der Waals surface area (Å²) < 4.78 is 4.66. The fourth-order valence-corrected chi connectivity index (χ4v) is 3.28. The van der Waals surface area contributed by atoms with Gasteiger partial charge in [-0.05, 0) is 25.2 Å². The molecule has 0 N–H and O–H groups in total. The molecule has 2 unspecified atom stereocenters. The van der Waals surface area contributed by atoms with Gasteiger partial charge in [0.1, 0.15) is 0 Å². The molecule has 0 radical (unpaired) electrons. The topological polar surface area (TPSA) is 39.2 Å². The molecule has 2 rings (SSSR count). The monoisotopic (exact) mass is 239 g/mol. The van der Waals surface area contributed by atoms with E-state index >= 15 is 0 Å². The normalized spacial score (nSPS) is 24.6. The van der Waals surface area contributed by atoms with E-state index in [1.54, 1.807) is 16.7 Å². The highest BCUT2D eigenvalue weighted by Gasteiger charge is 2.27. The van der Waals surface area contributed by atoms with Crippen molar-refractivity contribution in [3.63, 3.8) is 0 Å². The number of hydrogen-bond acceptors (Lipinski definition) is 4. The van der Waals surface area contributed by atoms with E-state index < -0.39 is 0 Å². The van der Waals surface area contributed by atoms with Crippen LogP contribution in [0.5, 0.6) is 0 Å². The first-order valence-electron chi connectivity index (χ1n) is 5.78. The number of methoxy groups -OCH3 is 1. The highest BCUT2D eigenvalue weighted by Crippen LogP contribution is 2.40. The van der Waals surface area contributed by atoms with Crippen molar-refractivity contribution in [2.24, 2.45) is 5.92 Å². The lowest BCUT2D eigenvalue weighted by Gasteiger charge is -2.05. The maximum Gasteiger partial charge on any atom is 0.357 e. The van der Waals surface area contributed by atoms with Gasteiger partial charge >= 0.3 is 5.97 Å². The van der Waals surface area contributed by atoms with Crippen molar-refractivity contribution in [2.75, 3.05) is 7.11 Å². The van der Waals surface area contributed by atoms with Crippen LogP contribution in [0.3, 0.4) is 0 Å². The molecular formula is C12H17NO2S. The number of nitrogens with zero attached hydrogens (tertiary/aromatic N) is 1. The molecule has 1 fully saturated rings. The van der Waals surface area contributed by atoms with Crippen molar-refractivity contribution in [1.29, 1.82) is 0 Å². The van der Waals surface area contributed by atoms with Crippen LogP contribution in [0.25, 0.3) is 0 Å². The maximum absolute atomic E-state index is 11.3. The molecule has 88 valence electrons. The molecular weight excluding hydrogens is 222 g/mol. The second-order valence-corrected chi connectivity index (χ2v) is 5.24. The number of carbonyl (C=O) groups excluding carboxylic acids is 1. The lowest BCUT2D eigenvalue weighted by atomic mass is 10.0. The van der Waals surface area contributed by atoms with Crippen LogP contribution in [0.2, 0.25) is 0 Å². The summed E-state index contributed by atoms with van der Waals surface area (Å²) in [6.07, 6.45) is 5.00. The van der Waals surface area contributed by atoms with E-state index in [-0.39, 0.29) is 5.97 Å². The van der Waals surface area contributed by atoms with Gasteiger partial charge in [0.05, 0.1) is 12.1 Å². The number of hydrogen-bond donors (Lipinski definition) is 0. The summed E-state index contributed by atoms with van der Waals surface area (Å²) in [5.41, 5.74) is 0.461. The van der Waals surface area contributed by atoms with Gasteiger partial charge in [0.15, 0.2) is 5.69 Å². The number of thiazole rings is 1. The molecule has 0 spiro atoms. The van der Waals surface area contributed by atoms with Crippen molar-refractivity contribution >= 4 is 17.3 Å². The van der Waals surface area contributed by atoms with Gasteiger partial charge in [-0.3, -0.25) is 0 Å². The number of carbonyl (C=O) groups is 1. The molecule has 2 atom stereocenters. The summed E-state index contributed by atoms with van der Waals surface area (Å²) in [5, 5.41) is 2.91. The standard InChI is InChI=1S/C12H17NO2S/c1-3-8-4-5-9(6-8)11-13-10(7-16-11)12(14)15-2/h7-9H,3-6H2,1-2H3. The molecule has 0 aromatic carbocycles. The molecule has 1 heterocycles. The van der Waals surface area contributed by atoms with E-state index in [9.17, 15) is 4.79 Å². The van der Waals surface area contributed by atoms with Crippen LogP contribution >= 0.6 is 11.3 Å². The van der Waals surface area contributed by atoms with Crippen LogP contribution in [-0.4, -0.2) is 18.1 Å². The molecule has 1 aromatic heterocycles. The van der Waals surface area contributed by atoms with Crippen molar-refractivity contribution in [2.45, 2.75) is 38.5 Å². The molecule has 3 nitrogen and oxygen atoms in total. The predicted molar refractivity (Wildman–Crippen MR) is 63.8 cm³/mol. The highest BCUT2D eigenvalue weighted by atomic mass is 32.1. The number of esters is 1. The molecule has 16 heavy (non-hydrogen) atoms. The third-order valence-electron chi connectivity index (χ3n) is 3.38. The number of aromatic nitrogens is 1. The molecule has 0 bridgehead atoms. The van der Waals surface area contributed by atoms with Crippen molar-refractivity contribution in [3.8, 4) is 0 Å². The molecule has 1 aliphatic carbocycles. The van der Waals surface area contributed by atoms with Gasteiger partial charge in [-0.15, -0.1) is 11.3 Å². The zero-order chi connectivity index (χ0) is 11.5. The van der Waals surface area contributed by atoms with Gasteiger partial charge in [-0.1, -0.05) is 13.3 Å². The molecule has 0 amide bonds. The van der Waals surface area contributed by atoms with Gasteiger partial charge in [0, 0.05) is 11.3 Å². The first-order chi connectivity index (χ1) is 7.74. The molecule has 1 saturated carbocycles. The lowest BCUT2D eigenvalue weighted by Crippen LogP contribution is -2.02. The SMILES string of the molecule is CCC1CCC(c2nc(C(=O)OC)cs2)C1. The first kappa shape index (κ1) is 11.6. The van der Waals surface area contributed by atoms with Crippen molar-refractivity contribution < 1.29 is 9.53 Å². The lowest BCUT2D eigenvalue weighted by molar-refractivity contribution is 0.0594. The first-order valence-corrected chi connectivity index (χ1v) is 6.66. The van der Waals surface area contributed by atoms with Crippen LogP contribution in [0.4, 0.5) is 0 Å². The zero-order valence-electron chi connectivity index (χ0n) is 9.73. The van der Waals surface area contributed by atoms with Crippen molar-refractivity contribution in [3.05, 3.63) is 16.1 Å². The second kappa shape index (κ2) is 4.95. The van der Waals surface area contributed by atoms with Gasteiger partial charge in [0.2, 0.25) is 0 Å². The third kappa shape index (κ3) is 2.26. The summed E-state index contributed by atoms with van der Waals surface area (Å²) in [7, 11) is 1.39. The average molecular weight is 239 g/mol. The summed E-state index contributed by atoms with van der Waals surface area (Å²) in [5.74, 6) is 1.08. The van der Waals surface area contributed by atoms with Crippen LogP contribution in [0, 0.1) is 5.92 Å². The second-order valence-electron chi connectivity index (χ2n) is 4.35. The fourth-order valence-electron chi connectivity index (χ4n) is 2.34. The average Bonchev–Trinajstić information content (AvgIpc) is 2.95. The minimum absolute atomic E-state index is 0.326. The smallest absolute Gasteiger partial charge is 0.357 e. The van der Waals surface area contributed by atoms with Gasteiger partial charge in [-0.25, -0.2) is 9.78 Å². The predicted octanol–water partition coefficient (Wildman–Crippen LogP) is 3.22. The highest BCUT2D eigenvalue weighted by molar-refractivity contribution is 7.09. The number of rotatable bonds is 3. The van der Waals surface area contributed by atoms with Gasteiger partial charge in [0.25, 0.3) is 0 Å². The molecule has 1 aromatic rings. The fraction of sp³-hybridized carbons (Fsp3) is 0.667. The van der Waals surface area contributed by atoms with E-state index in [1.807, 2.05) is 0 Å². The Morgan fingerprint density at radius 1 is 1.62 bits per heavy atom. The number of ether oxygens (including phenoxy) is 1. The molecule has 0 aliphatic heterocycles. The molecule has 0 saturated heterocycles. The minimum atomic E-state index is -0.326. The third-order valence-corrected chi connectivity index (χ3v) is 4.39. The van der Waals surface area contributed by atoms with E-state index in [0.717, 1.165) is 10.9 Å². The minimum Gasteiger partial charge on any atom is -0.464 e. The largest absolute Gasteiger partial charge is 0.464 e. The van der Waals surface area contributed by atoms with E-state index in [1.165, 1.54) is 32.8 Å².